The predicted octanol–water partition coefficient (Wildman–Crippen LogP) is -0.246. The minimum absolute atomic E-state index is 0.345. The van der Waals surface area contributed by atoms with Crippen LogP contribution in [0.25, 0.3) is 0 Å². The van der Waals surface area contributed by atoms with Crippen molar-refractivity contribution in [1.29, 1.82) is 0 Å². The van der Waals surface area contributed by atoms with Gasteiger partial charge in [-0.25, -0.2) is 9.97 Å². The lowest BCUT2D eigenvalue weighted by molar-refractivity contribution is 0.260. The van der Waals surface area contributed by atoms with E-state index >= 15 is 0 Å². The van der Waals surface area contributed by atoms with Crippen molar-refractivity contribution in [2.45, 2.75) is 13.1 Å². The zero-order chi connectivity index (χ0) is 11.4. The van der Waals surface area contributed by atoms with E-state index in [1.165, 1.54) is 5.56 Å². The molecule has 1 aliphatic carbocycles. The molecule has 17 heavy (non-hydrogen) atoms. The van der Waals surface area contributed by atoms with Gasteiger partial charge in [0.25, 0.3) is 0 Å². The lowest BCUT2D eigenvalue weighted by atomic mass is 10.2. The molecular weight excluding hydrogens is 216 g/mol. The summed E-state index contributed by atoms with van der Waals surface area (Å²) < 4.78 is 0. The molecule has 1 unspecified atom stereocenters. The van der Waals surface area contributed by atoms with Gasteiger partial charge in [0.05, 0.1) is 5.69 Å². The molecule has 0 radical (unpaired) electrons. The number of nitrogens with zero attached hydrogens (tertiary/aromatic N) is 3. The van der Waals surface area contributed by atoms with Gasteiger partial charge < -0.3 is 15.3 Å². The summed E-state index contributed by atoms with van der Waals surface area (Å²) in [6.07, 6.45) is 1.95. The van der Waals surface area contributed by atoms with Gasteiger partial charge in [0, 0.05) is 44.5 Å². The summed E-state index contributed by atoms with van der Waals surface area (Å²) in [4.78, 5) is 11.3. The van der Waals surface area contributed by atoms with Gasteiger partial charge in [0.15, 0.2) is 0 Å². The first kappa shape index (κ1) is 9.79. The van der Waals surface area contributed by atoms with Crippen molar-refractivity contribution in [1.82, 2.24) is 15.3 Å². The fourth-order valence-corrected chi connectivity index (χ4v) is 3.28. The Morgan fingerprint density at radius 3 is 2.94 bits per heavy atom. The van der Waals surface area contributed by atoms with Crippen LogP contribution >= 0.6 is 0 Å². The predicted molar refractivity (Wildman–Crippen MR) is 62.3 cm³/mol. The van der Waals surface area contributed by atoms with Crippen LogP contribution in [0.4, 0.5) is 5.95 Å². The second-order valence-corrected chi connectivity index (χ2v) is 5.32. The molecule has 1 aromatic heterocycles. The minimum atomic E-state index is 0.345. The Hall–Kier alpha value is -1.20. The van der Waals surface area contributed by atoms with Crippen molar-refractivity contribution >= 4 is 5.95 Å². The average Bonchev–Trinajstić information content (AvgIpc) is 2.75. The fourth-order valence-electron chi connectivity index (χ4n) is 3.28. The van der Waals surface area contributed by atoms with Gasteiger partial charge in [-0.3, -0.25) is 0 Å². The third-order valence-electron chi connectivity index (χ3n) is 4.41. The molecule has 5 heteroatoms. The zero-order valence-corrected chi connectivity index (χ0v) is 9.63. The Morgan fingerprint density at radius 2 is 2.18 bits per heavy atom. The fraction of sp³-hybridized carbons (Fsp3) is 0.667. The van der Waals surface area contributed by atoms with Crippen LogP contribution in [0.5, 0.6) is 0 Å². The van der Waals surface area contributed by atoms with Crippen LogP contribution in [0.1, 0.15) is 11.3 Å². The molecule has 90 valence electrons. The van der Waals surface area contributed by atoms with E-state index in [4.69, 9.17) is 5.11 Å². The van der Waals surface area contributed by atoms with Gasteiger partial charge in [-0.2, -0.15) is 0 Å². The third-order valence-corrected chi connectivity index (χ3v) is 4.41. The summed E-state index contributed by atoms with van der Waals surface area (Å²) in [6.45, 7) is 4.14. The van der Waals surface area contributed by atoms with Crippen molar-refractivity contribution in [3.8, 4) is 0 Å². The Kier molecular flexibility index (Phi) is 1.96. The molecule has 1 saturated heterocycles. The summed E-state index contributed by atoms with van der Waals surface area (Å²) in [6, 6.07) is 0. The maximum Gasteiger partial charge on any atom is 0.225 e. The number of fused-ring (bicyclic) bond motifs is 2. The maximum atomic E-state index is 9.14. The average molecular weight is 232 g/mol. The van der Waals surface area contributed by atoms with E-state index in [0.29, 0.717) is 24.4 Å². The number of hydrogen-bond acceptors (Lipinski definition) is 5. The Balaban J connectivity index is 1.54. The first-order valence-corrected chi connectivity index (χ1v) is 6.28. The Labute approximate surface area is 99.9 Å². The lowest BCUT2D eigenvalue weighted by Gasteiger charge is -2.19. The zero-order valence-electron chi connectivity index (χ0n) is 9.63. The Bertz CT molecular complexity index is 452. The molecular formula is C12H16N4O. The molecule has 5 nitrogen and oxygen atoms in total. The highest BCUT2D eigenvalue weighted by atomic mass is 16.3. The van der Waals surface area contributed by atoms with Crippen LogP contribution in [-0.2, 0) is 13.1 Å². The second-order valence-electron chi connectivity index (χ2n) is 5.32. The SMILES string of the molecule is OCC1[C@H]2CN(c3ncc4c(n3)CNC4)C[C@@H]12. The van der Waals surface area contributed by atoms with E-state index in [9.17, 15) is 0 Å². The number of piperidine rings is 1. The molecule has 0 aromatic carbocycles. The highest BCUT2D eigenvalue weighted by Crippen LogP contribution is 2.51. The highest BCUT2D eigenvalue weighted by Gasteiger charge is 2.55. The maximum absolute atomic E-state index is 9.14. The monoisotopic (exact) mass is 232 g/mol. The normalized spacial score (nSPS) is 33.7. The molecule has 3 heterocycles. The van der Waals surface area contributed by atoms with Crippen LogP contribution < -0.4 is 10.2 Å². The van der Waals surface area contributed by atoms with Gasteiger partial charge in [0.1, 0.15) is 0 Å². The van der Waals surface area contributed by atoms with Gasteiger partial charge in [0.2, 0.25) is 5.95 Å². The second kappa shape index (κ2) is 3.40. The summed E-state index contributed by atoms with van der Waals surface area (Å²) in [7, 11) is 0. The summed E-state index contributed by atoms with van der Waals surface area (Å²) in [5.74, 6) is 2.77. The topological polar surface area (TPSA) is 61.3 Å². The largest absolute Gasteiger partial charge is 0.396 e. The van der Waals surface area contributed by atoms with Gasteiger partial charge >= 0.3 is 0 Å². The first-order chi connectivity index (χ1) is 8.36. The minimum Gasteiger partial charge on any atom is -0.396 e. The molecule has 0 amide bonds. The highest BCUT2D eigenvalue weighted by molar-refractivity contribution is 5.38. The van der Waals surface area contributed by atoms with Crippen molar-refractivity contribution in [2.24, 2.45) is 17.8 Å². The van der Waals surface area contributed by atoms with Crippen molar-refractivity contribution < 1.29 is 5.11 Å². The third kappa shape index (κ3) is 1.39. The van der Waals surface area contributed by atoms with E-state index in [-0.39, 0.29) is 0 Å². The van der Waals surface area contributed by atoms with Crippen molar-refractivity contribution in [2.75, 3.05) is 24.6 Å². The molecule has 0 spiro atoms. The standard InChI is InChI=1S/C12H16N4O/c17-6-10-8-4-16(5-9(8)10)12-14-2-7-1-13-3-11(7)15-12/h2,8-10,13,17H,1,3-6H2/t8-,9+,10?. The van der Waals surface area contributed by atoms with E-state index in [1.807, 2.05) is 6.20 Å². The molecule has 1 saturated carbocycles. The number of nitrogens with one attached hydrogen (secondary N) is 1. The molecule has 2 fully saturated rings. The van der Waals surface area contributed by atoms with Gasteiger partial charge in [-0.05, 0) is 17.8 Å². The van der Waals surface area contributed by atoms with Gasteiger partial charge in [-0.1, -0.05) is 0 Å². The van der Waals surface area contributed by atoms with Gasteiger partial charge in [-0.15, -0.1) is 0 Å². The number of rotatable bonds is 2. The summed E-state index contributed by atoms with van der Waals surface area (Å²) in [5.41, 5.74) is 2.38. The van der Waals surface area contributed by atoms with Crippen LogP contribution in [0.2, 0.25) is 0 Å². The molecule has 4 rings (SSSR count). The smallest absolute Gasteiger partial charge is 0.225 e. The van der Waals surface area contributed by atoms with Crippen LogP contribution in [0.15, 0.2) is 6.20 Å². The number of aliphatic hydroxyl groups excluding tert-OH is 1. The molecule has 1 aromatic rings. The van der Waals surface area contributed by atoms with Crippen molar-refractivity contribution in [3.63, 3.8) is 0 Å². The molecule has 3 atom stereocenters. The molecule has 0 bridgehead atoms. The number of hydrogen-bond donors (Lipinski definition) is 2. The summed E-state index contributed by atoms with van der Waals surface area (Å²) >= 11 is 0. The lowest BCUT2D eigenvalue weighted by Crippen LogP contribution is -2.26. The van der Waals surface area contributed by atoms with Crippen LogP contribution in [0.3, 0.4) is 0 Å². The van der Waals surface area contributed by atoms with E-state index in [2.05, 4.69) is 20.2 Å². The number of anilines is 1. The van der Waals surface area contributed by atoms with E-state index in [1.54, 1.807) is 0 Å². The molecule has 2 N–H and O–H groups in total. The quantitative estimate of drug-likeness (QED) is 0.736. The molecule has 3 aliphatic rings. The number of aliphatic hydroxyl groups is 1. The number of aromatic nitrogens is 2. The van der Waals surface area contributed by atoms with E-state index in [0.717, 1.165) is 37.8 Å². The Morgan fingerprint density at radius 1 is 1.35 bits per heavy atom. The van der Waals surface area contributed by atoms with Crippen LogP contribution in [-0.4, -0.2) is 34.8 Å². The summed E-state index contributed by atoms with van der Waals surface area (Å²) in [5, 5.41) is 12.4. The van der Waals surface area contributed by atoms with Crippen LogP contribution in [0, 0.1) is 17.8 Å². The first-order valence-electron chi connectivity index (χ1n) is 6.28. The van der Waals surface area contributed by atoms with Crippen molar-refractivity contribution in [3.05, 3.63) is 17.5 Å². The van der Waals surface area contributed by atoms with E-state index < -0.39 is 0 Å². The molecule has 2 aliphatic heterocycles.